The van der Waals surface area contributed by atoms with Gasteiger partial charge >= 0.3 is 7.28 Å². The van der Waals surface area contributed by atoms with Gasteiger partial charge in [0.1, 0.15) is 7.04 Å². The fourth-order valence-electron chi connectivity index (χ4n) is 0. The molecule has 3 nitrogen and oxygen atoms in total. The van der Waals surface area contributed by atoms with Crippen LogP contribution in [0.3, 0.4) is 0 Å². The fourth-order valence-corrected chi connectivity index (χ4v) is 0. The Bertz CT molecular complexity index is 116. The van der Waals surface area contributed by atoms with E-state index in [1.165, 1.54) is 0 Å². The first-order valence-corrected chi connectivity index (χ1v) is 5.09. The van der Waals surface area contributed by atoms with Crippen molar-refractivity contribution in [2.75, 3.05) is 0 Å². The van der Waals surface area contributed by atoms with E-state index in [1.807, 2.05) is 0 Å². The molecule has 6 heteroatoms. The molecule has 0 aromatic heterocycles. The van der Waals surface area contributed by atoms with E-state index in [0.29, 0.717) is 0 Å². The summed E-state index contributed by atoms with van der Waals surface area (Å²) in [5.41, 5.74) is 0. The lowest BCUT2D eigenvalue weighted by Gasteiger charge is -1.84. The minimum atomic E-state index is -3.54. The maximum absolute atomic E-state index is 10.4. The van der Waals surface area contributed by atoms with Crippen LogP contribution in [0, 0.1) is 0 Å². The third-order valence-corrected chi connectivity index (χ3v) is 2.70. The van der Waals surface area contributed by atoms with Crippen molar-refractivity contribution in [1.29, 1.82) is 2.86 Å². The molecule has 0 fully saturated rings. The first-order chi connectivity index (χ1) is 3.68. The molecule has 0 aromatic carbocycles. The van der Waals surface area contributed by atoms with E-state index in [-0.39, 0.29) is 7.04 Å². The van der Waals surface area contributed by atoms with Crippen molar-refractivity contribution >= 4 is 26.1 Å². The van der Waals surface area contributed by atoms with Crippen LogP contribution in [0.2, 0.25) is 0 Å². The van der Waals surface area contributed by atoms with Gasteiger partial charge < -0.3 is 9.79 Å². The third-order valence-electron chi connectivity index (χ3n) is 0.100. The number of hydrogen-bond donors (Lipinski definition) is 2. The van der Waals surface area contributed by atoms with Crippen LogP contribution in [0.4, 0.5) is 0 Å². The minimum Gasteiger partial charge on any atom is -0.318 e. The molecule has 0 radical (unpaired) electrons. The monoisotopic (exact) mass is 146 g/mol. The van der Waals surface area contributed by atoms with E-state index < -0.39 is 7.28 Å². The smallest absolute Gasteiger partial charge is 0.318 e. The van der Waals surface area contributed by atoms with Gasteiger partial charge in [-0.3, -0.25) is 0 Å². The standard InChI is InChI=1S/H2O3P2S/c1-5(2,3)4-6/h(H2,1,2,3)/i/hD2. The van der Waals surface area contributed by atoms with E-state index in [2.05, 4.69) is 21.6 Å². The summed E-state index contributed by atoms with van der Waals surface area (Å²) in [5.74, 6) is 0. The lowest BCUT2D eigenvalue weighted by molar-refractivity contribution is 0.396. The average Bonchev–Trinajstić information content (AvgIpc) is 1.87. The van der Waals surface area contributed by atoms with Crippen LogP contribution in [-0.4, -0.2) is 12.7 Å². The van der Waals surface area contributed by atoms with Crippen molar-refractivity contribution in [3.63, 3.8) is 0 Å². The summed E-state index contributed by atoms with van der Waals surface area (Å²) in [6, 6.07) is 0. The van der Waals surface area contributed by atoms with E-state index in [1.54, 1.807) is 0 Å². The van der Waals surface area contributed by atoms with Crippen molar-refractivity contribution < 1.29 is 14.4 Å². The minimum absolute atomic E-state index is 0.144. The van der Waals surface area contributed by atoms with Crippen molar-refractivity contribution in [2.24, 2.45) is 0 Å². The average molecular weight is 146 g/mol. The highest BCUT2D eigenvalue weighted by Crippen LogP contribution is 2.48. The normalized spacial score (nSPS) is 16.7. The Balaban J connectivity index is 3.99. The van der Waals surface area contributed by atoms with Gasteiger partial charge in [-0.2, -0.15) is 0 Å². The van der Waals surface area contributed by atoms with E-state index in [4.69, 9.17) is 2.86 Å². The Morgan fingerprint density at radius 1 is 2.00 bits per heavy atom. The second-order valence-electron chi connectivity index (χ2n) is 0.550. The number of hydrogen-bond acceptors (Lipinski definition) is 4. The lowest BCUT2D eigenvalue weighted by Crippen LogP contribution is -1.55. The molecule has 0 rings (SSSR count). The Kier molecular flexibility index (Phi) is 1.28. The molecule has 0 aliphatic heterocycles. The Morgan fingerprint density at radius 3 is 2.50 bits per heavy atom. The molecule has 0 saturated carbocycles. The van der Waals surface area contributed by atoms with Crippen LogP contribution in [0.15, 0.2) is 0 Å². The van der Waals surface area contributed by atoms with Crippen molar-refractivity contribution in [2.45, 2.75) is 0 Å². The quantitative estimate of drug-likeness (QED) is 0.568. The van der Waals surface area contributed by atoms with Gasteiger partial charge in [0.25, 0.3) is 0 Å². The largest absolute Gasteiger partial charge is 0.384 e. The van der Waals surface area contributed by atoms with Crippen molar-refractivity contribution in [3.05, 3.63) is 0 Å². The zero-order chi connectivity index (χ0) is 6.62. The van der Waals surface area contributed by atoms with Crippen LogP contribution in [0.25, 0.3) is 0 Å². The summed E-state index contributed by atoms with van der Waals surface area (Å²) in [6.45, 7) is 0. The molecule has 0 aromatic rings. The molecular weight excluding hydrogens is 142 g/mol. The Labute approximate surface area is 44.3 Å². The summed E-state index contributed by atoms with van der Waals surface area (Å²) >= 11 is 4.20. The highest BCUT2D eigenvalue weighted by molar-refractivity contribution is 8.35. The maximum Gasteiger partial charge on any atom is 0.384 e. The fraction of sp³-hybridized carbons (Fsp3) is 0. The van der Waals surface area contributed by atoms with E-state index in [0.717, 1.165) is 0 Å². The molecule has 36 valence electrons. The highest BCUT2D eigenvalue weighted by atomic mass is 32.6. The Morgan fingerprint density at radius 2 is 2.50 bits per heavy atom. The molecule has 0 unspecified atom stereocenters. The second-order valence-corrected chi connectivity index (χ2v) is 5.08. The second kappa shape index (κ2) is 2.10. The van der Waals surface area contributed by atoms with Crippen LogP contribution < -0.4 is 0 Å². The molecule has 0 saturated heterocycles. The van der Waals surface area contributed by atoms with Gasteiger partial charge in [0.05, 0.1) is 0 Å². The molecule has 0 spiro atoms. The molecule has 2 N–H and O–H groups in total. The van der Waals surface area contributed by atoms with Gasteiger partial charge in [-0.05, 0) is 11.8 Å². The van der Waals surface area contributed by atoms with Crippen LogP contribution in [0.5, 0.6) is 0 Å². The van der Waals surface area contributed by atoms with Gasteiger partial charge in [-0.1, -0.05) is 0 Å². The first-order valence-electron chi connectivity index (χ1n) is 1.75. The maximum atomic E-state index is 10.4. The molecule has 6 heavy (non-hydrogen) atoms. The predicted molar refractivity (Wildman–Crippen MR) is 26.3 cm³/mol. The molecular formula is H2O3P2S. The summed E-state index contributed by atoms with van der Waals surface area (Å²) in [7, 11) is -3.69. The van der Waals surface area contributed by atoms with Gasteiger partial charge in [0, 0.05) is 0 Å². The first kappa shape index (κ1) is 3.65. The van der Waals surface area contributed by atoms with Crippen molar-refractivity contribution in [3.8, 4) is 0 Å². The summed E-state index contributed by atoms with van der Waals surface area (Å²) in [4.78, 5) is 7.03. The molecule has 0 amide bonds. The zero-order valence-corrected chi connectivity index (χ0v) is 5.13. The SMILES string of the molecule is [2H]OP(=O)(O[2H])P=S. The molecule has 0 atom stereocenters. The highest BCUT2D eigenvalue weighted by Gasteiger charge is 2.04. The molecule has 0 bridgehead atoms. The van der Waals surface area contributed by atoms with Gasteiger partial charge in [-0.15, -0.1) is 0 Å². The van der Waals surface area contributed by atoms with Crippen LogP contribution in [-0.2, 0) is 16.4 Å². The topological polar surface area (TPSA) is 57.5 Å². The van der Waals surface area contributed by atoms with Crippen molar-refractivity contribution in [1.82, 2.24) is 0 Å². The third kappa shape index (κ3) is 4.67. The number of rotatable bonds is 3. The predicted octanol–water partition coefficient (Wildman–Crippen LogP) is 0.487. The van der Waals surface area contributed by atoms with Gasteiger partial charge in [0.2, 0.25) is 2.86 Å². The zero-order valence-electron chi connectivity index (χ0n) is 4.53. The van der Waals surface area contributed by atoms with Crippen LogP contribution in [0.1, 0.15) is 0 Å². The van der Waals surface area contributed by atoms with E-state index in [9.17, 15) is 4.57 Å². The van der Waals surface area contributed by atoms with Gasteiger partial charge in [-0.25, -0.2) is 4.57 Å². The lowest BCUT2D eigenvalue weighted by atomic mass is 15.8. The summed E-state index contributed by atoms with van der Waals surface area (Å²) in [6.07, 6.45) is 0. The van der Waals surface area contributed by atoms with Gasteiger partial charge in [0.15, 0.2) is 0 Å². The molecule has 0 aliphatic rings. The summed E-state index contributed by atoms with van der Waals surface area (Å²) < 4.78 is 22.5. The molecule has 0 aliphatic carbocycles. The summed E-state index contributed by atoms with van der Waals surface area (Å²) in [5, 5.41) is 0. The Hall–Kier alpha value is 0.670. The van der Waals surface area contributed by atoms with E-state index >= 15 is 0 Å². The molecule has 0 heterocycles. The van der Waals surface area contributed by atoms with Crippen LogP contribution >= 0.6 is 14.3 Å².